The fourth-order valence-corrected chi connectivity index (χ4v) is 4.10. The molecule has 2 aromatic rings. The lowest BCUT2D eigenvalue weighted by atomic mass is 10.3. The molecule has 1 fully saturated rings. The highest BCUT2D eigenvalue weighted by molar-refractivity contribution is 7.89. The molecule has 0 atom stereocenters. The fraction of sp³-hybridized carbons (Fsp3) is 0.294. The molecule has 1 aromatic carbocycles. The van der Waals surface area contributed by atoms with Crippen molar-refractivity contribution in [3.8, 4) is 5.75 Å². The number of alkyl halides is 3. The number of pyridine rings is 1. The Bertz CT molecular complexity index is 930. The molecule has 11 heteroatoms. The summed E-state index contributed by atoms with van der Waals surface area (Å²) in [7, 11) is -3.89. The van der Waals surface area contributed by atoms with Crippen LogP contribution in [0.15, 0.2) is 53.7 Å². The van der Waals surface area contributed by atoms with Crippen molar-refractivity contribution in [2.75, 3.05) is 11.9 Å². The molecule has 0 saturated heterocycles. The molecule has 0 radical (unpaired) electrons. The molecule has 1 aliphatic carbocycles. The highest BCUT2D eigenvalue weighted by atomic mass is 32.2. The van der Waals surface area contributed by atoms with E-state index < -0.39 is 34.6 Å². The van der Waals surface area contributed by atoms with Crippen molar-refractivity contribution in [3.05, 3.63) is 48.8 Å². The van der Waals surface area contributed by atoms with Gasteiger partial charge in [-0.1, -0.05) is 0 Å². The Morgan fingerprint density at radius 1 is 1.21 bits per heavy atom. The van der Waals surface area contributed by atoms with Crippen LogP contribution in [-0.4, -0.2) is 42.6 Å². The first kappa shape index (κ1) is 20.1. The van der Waals surface area contributed by atoms with Crippen LogP contribution in [0.1, 0.15) is 12.8 Å². The molecule has 1 saturated carbocycles. The lowest BCUT2D eigenvalue weighted by molar-refractivity contribution is -0.274. The van der Waals surface area contributed by atoms with Gasteiger partial charge in [0.25, 0.3) is 0 Å². The van der Waals surface area contributed by atoms with Gasteiger partial charge < -0.3 is 10.1 Å². The summed E-state index contributed by atoms with van der Waals surface area (Å²) in [4.78, 5) is 16.1. The van der Waals surface area contributed by atoms with Crippen LogP contribution in [0.25, 0.3) is 0 Å². The van der Waals surface area contributed by atoms with Crippen LogP contribution >= 0.6 is 0 Å². The highest BCUT2D eigenvalue weighted by Gasteiger charge is 2.39. The molecule has 1 heterocycles. The van der Waals surface area contributed by atoms with E-state index in [1.54, 1.807) is 0 Å². The molecule has 7 nitrogen and oxygen atoms in total. The van der Waals surface area contributed by atoms with Crippen molar-refractivity contribution in [2.24, 2.45) is 0 Å². The van der Waals surface area contributed by atoms with Crippen molar-refractivity contribution in [1.82, 2.24) is 9.29 Å². The fourth-order valence-electron chi connectivity index (χ4n) is 2.49. The molecular weight excluding hydrogens is 399 g/mol. The van der Waals surface area contributed by atoms with Gasteiger partial charge in [-0.05, 0) is 49.2 Å². The maximum Gasteiger partial charge on any atom is 0.573 e. The number of carbonyl (C=O) groups excluding carboxylic acids is 1. The number of hydrogen-bond acceptors (Lipinski definition) is 5. The van der Waals surface area contributed by atoms with Gasteiger partial charge in [-0.3, -0.25) is 9.78 Å². The molecule has 0 aliphatic heterocycles. The summed E-state index contributed by atoms with van der Waals surface area (Å²) in [6.45, 7) is -0.414. The normalized spacial score (nSPS) is 14.7. The number of aromatic nitrogens is 1. The second kappa shape index (κ2) is 7.76. The lowest BCUT2D eigenvalue weighted by Crippen LogP contribution is -2.39. The zero-order valence-corrected chi connectivity index (χ0v) is 15.2. The maximum absolute atomic E-state index is 12.8. The molecule has 1 N–H and O–H groups in total. The van der Waals surface area contributed by atoms with Crippen LogP contribution in [0.5, 0.6) is 5.75 Å². The van der Waals surface area contributed by atoms with E-state index in [4.69, 9.17) is 0 Å². The van der Waals surface area contributed by atoms with E-state index >= 15 is 0 Å². The Kier molecular flexibility index (Phi) is 5.57. The SMILES string of the molecule is O=C(CN(C1CC1)S(=O)(=O)c1cccnc1)Nc1ccc(OC(F)(F)F)cc1. The molecule has 3 rings (SSSR count). The largest absolute Gasteiger partial charge is 0.573 e. The van der Waals surface area contributed by atoms with Crippen molar-refractivity contribution in [2.45, 2.75) is 30.1 Å². The monoisotopic (exact) mass is 415 g/mol. The number of sulfonamides is 1. The molecular formula is C17H16F3N3O4S. The van der Waals surface area contributed by atoms with Crippen molar-refractivity contribution in [1.29, 1.82) is 0 Å². The number of benzene rings is 1. The average molecular weight is 415 g/mol. The van der Waals surface area contributed by atoms with Gasteiger partial charge in [0.15, 0.2) is 0 Å². The van der Waals surface area contributed by atoms with Crippen molar-refractivity contribution in [3.63, 3.8) is 0 Å². The van der Waals surface area contributed by atoms with E-state index in [-0.39, 0.29) is 16.6 Å². The first-order valence-corrected chi connectivity index (χ1v) is 9.67. The van der Waals surface area contributed by atoms with Crippen molar-refractivity contribution < 1.29 is 31.1 Å². The van der Waals surface area contributed by atoms with Gasteiger partial charge in [-0.25, -0.2) is 8.42 Å². The number of hydrogen-bond donors (Lipinski definition) is 1. The molecule has 150 valence electrons. The molecule has 0 unspecified atom stereocenters. The minimum Gasteiger partial charge on any atom is -0.406 e. The quantitative estimate of drug-likeness (QED) is 0.751. The van der Waals surface area contributed by atoms with Crippen LogP contribution in [-0.2, 0) is 14.8 Å². The molecule has 1 aliphatic rings. The zero-order chi connectivity index (χ0) is 20.4. The van der Waals surface area contributed by atoms with Crippen LogP contribution in [0.4, 0.5) is 18.9 Å². The second-order valence-corrected chi connectivity index (χ2v) is 7.98. The third kappa shape index (κ3) is 5.20. The van der Waals surface area contributed by atoms with E-state index in [1.807, 2.05) is 0 Å². The standard InChI is InChI=1S/C17H16F3N3O4S/c18-17(19,20)27-14-7-3-12(4-8-14)22-16(24)11-23(13-5-6-13)28(25,26)15-2-1-9-21-10-15/h1-4,7-10,13H,5-6,11H2,(H,22,24). The van der Waals surface area contributed by atoms with E-state index in [1.165, 1.54) is 36.7 Å². The van der Waals surface area contributed by atoms with Crippen LogP contribution < -0.4 is 10.1 Å². The number of anilines is 1. The van der Waals surface area contributed by atoms with Gasteiger partial charge in [0.05, 0.1) is 6.54 Å². The Morgan fingerprint density at radius 2 is 1.89 bits per heavy atom. The molecule has 0 bridgehead atoms. The number of nitrogens with zero attached hydrogens (tertiary/aromatic N) is 2. The first-order valence-electron chi connectivity index (χ1n) is 8.23. The summed E-state index contributed by atoms with van der Waals surface area (Å²) in [5.74, 6) is -1.03. The summed E-state index contributed by atoms with van der Waals surface area (Å²) >= 11 is 0. The Balaban J connectivity index is 1.67. The smallest absolute Gasteiger partial charge is 0.406 e. The Morgan fingerprint density at radius 3 is 2.43 bits per heavy atom. The van der Waals surface area contributed by atoms with E-state index in [0.717, 1.165) is 16.4 Å². The van der Waals surface area contributed by atoms with Gasteiger partial charge in [0, 0.05) is 24.1 Å². The minimum absolute atomic E-state index is 0.0108. The number of rotatable bonds is 7. The summed E-state index contributed by atoms with van der Waals surface area (Å²) in [5.41, 5.74) is 0.217. The van der Waals surface area contributed by atoms with Gasteiger partial charge >= 0.3 is 6.36 Å². The maximum atomic E-state index is 12.8. The molecule has 1 amide bonds. The zero-order valence-electron chi connectivity index (χ0n) is 14.4. The third-order valence-electron chi connectivity index (χ3n) is 3.87. The number of ether oxygens (including phenoxy) is 1. The molecule has 0 spiro atoms. The first-order chi connectivity index (χ1) is 13.1. The molecule has 28 heavy (non-hydrogen) atoms. The van der Waals surface area contributed by atoms with E-state index in [2.05, 4.69) is 15.0 Å². The van der Waals surface area contributed by atoms with Gasteiger partial charge in [0.1, 0.15) is 10.6 Å². The summed E-state index contributed by atoms with van der Waals surface area (Å²) in [6.07, 6.45) is -0.857. The Hall–Kier alpha value is -2.66. The lowest BCUT2D eigenvalue weighted by Gasteiger charge is -2.21. The predicted octanol–water partition coefficient (Wildman–Crippen LogP) is 2.77. The van der Waals surface area contributed by atoms with E-state index in [0.29, 0.717) is 12.8 Å². The predicted molar refractivity (Wildman–Crippen MR) is 92.9 cm³/mol. The third-order valence-corrected chi connectivity index (χ3v) is 5.75. The molecule has 1 aromatic heterocycles. The summed E-state index contributed by atoms with van der Waals surface area (Å²) in [5, 5.41) is 2.47. The highest BCUT2D eigenvalue weighted by Crippen LogP contribution is 2.31. The number of amides is 1. The number of nitrogens with one attached hydrogen (secondary N) is 1. The van der Waals surface area contributed by atoms with Crippen molar-refractivity contribution >= 4 is 21.6 Å². The van der Waals surface area contributed by atoms with Gasteiger partial charge in [0.2, 0.25) is 15.9 Å². The summed E-state index contributed by atoms with van der Waals surface area (Å²) < 4.78 is 66.9. The van der Waals surface area contributed by atoms with Gasteiger partial charge in [-0.2, -0.15) is 4.31 Å². The topological polar surface area (TPSA) is 88.6 Å². The number of carbonyl (C=O) groups is 1. The Labute approximate surface area is 159 Å². The summed E-state index contributed by atoms with van der Waals surface area (Å²) in [6, 6.07) is 7.19. The number of halogens is 3. The minimum atomic E-state index is -4.81. The average Bonchev–Trinajstić information content (AvgIpc) is 3.46. The van der Waals surface area contributed by atoms with Crippen LogP contribution in [0.2, 0.25) is 0 Å². The van der Waals surface area contributed by atoms with Gasteiger partial charge in [-0.15, -0.1) is 13.2 Å². The van der Waals surface area contributed by atoms with Crippen LogP contribution in [0, 0.1) is 0 Å². The second-order valence-electron chi connectivity index (χ2n) is 6.09. The van der Waals surface area contributed by atoms with Crippen LogP contribution in [0.3, 0.4) is 0 Å². The van der Waals surface area contributed by atoms with E-state index in [9.17, 15) is 26.4 Å².